The number of nitrogens with zero attached hydrogens (tertiary/aromatic N) is 1. The van der Waals surface area contributed by atoms with Gasteiger partial charge in [0.1, 0.15) is 16.5 Å². The van der Waals surface area contributed by atoms with Gasteiger partial charge < -0.3 is 10.8 Å². The summed E-state index contributed by atoms with van der Waals surface area (Å²) in [4.78, 5) is 15.3. The maximum Gasteiger partial charge on any atom is 0.354 e. The zero-order valence-electron chi connectivity index (χ0n) is 9.13. The summed E-state index contributed by atoms with van der Waals surface area (Å²) in [5, 5.41) is 9.19. The van der Waals surface area contributed by atoms with Crippen LogP contribution in [-0.4, -0.2) is 16.1 Å². The summed E-state index contributed by atoms with van der Waals surface area (Å²) in [5.74, 6) is -1.50. The Bertz CT molecular complexity index is 604. The average molecular weight is 264 g/mol. The Morgan fingerprint density at radius 3 is 2.78 bits per heavy atom. The molecule has 0 spiro atoms. The highest BCUT2D eigenvalue weighted by atomic mass is 32.2. The molecule has 0 aliphatic carbocycles. The molecule has 2 rings (SSSR count). The van der Waals surface area contributed by atoms with Gasteiger partial charge in [-0.2, -0.15) is 0 Å². The van der Waals surface area contributed by atoms with Crippen molar-refractivity contribution in [2.45, 2.75) is 9.92 Å². The molecule has 0 saturated heterocycles. The molecule has 1 aromatic heterocycles. The van der Waals surface area contributed by atoms with Crippen molar-refractivity contribution in [1.82, 2.24) is 4.98 Å². The molecule has 2 aromatic rings. The van der Waals surface area contributed by atoms with E-state index in [0.717, 1.165) is 11.8 Å². The van der Waals surface area contributed by atoms with E-state index >= 15 is 0 Å². The molecule has 0 unspecified atom stereocenters. The molecule has 0 saturated carbocycles. The number of carbonyl (C=O) groups is 1. The van der Waals surface area contributed by atoms with Gasteiger partial charge in [0.15, 0.2) is 0 Å². The summed E-state index contributed by atoms with van der Waals surface area (Å²) in [6.07, 6.45) is 0. The van der Waals surface area contributed by atoms with E-state index in [4.69, 9.17) is 10.8 Å². The van der Waals surface area contributed by atoms with Crippen molar-refractivity contribution in [3.63, 3.8) is 0 Å². The van der Waals surface area contributed by atoms with Crippen molar-refractivity contribution in [2.24, 2.45) is 0 Å². The SMILES string of the molecule is Nc1ccc(C(=O)O)nc1Sc1cccc(F)c1. The topological polar surface area (TPSA) is 76.2 Å². The van der Waals surface area contributed by atoms with Gasteiger partial charge in [-0.25, -0.2) is 14.2 Å². The molecular weight excluding hydrogens is 255 g/mol. The van der Waals surface area contributed by atoms with Crippen molar-refractivity contribution < 1.29 is 14.3 Å². The summed E-state index contributed by atoms with van der Waals surface area (Å²) in [5.41, 5.74) is 5.97. The molecule has 18 heavy (non-hydrogen) atoms. The number of hydrogen-bond donors (Lipinski definition) is 2. The number of hydrogen-bond acceptors (Lipinski definition) is 4. The molecule has 0 aliphatic rings. The van der Waals surface area contributed by atoms with E-state index in [-0.39, 0.29) is 11.5 Å². The van der Waals surface area contributed by atoms with E-state index in [1.807, 2.05) is 0 Å². The second kappa shape index (κ2) is 5.05. The summed E-state index contributed by atoms with van der Waals surface area (Å²) in [7, 11) is 0. The van der Waals surface area contributed by atoms with Crippen molar-refractivity contribution >= 4 is 23.4 Å². The molecule has 1 aromatic carbocycles. The van der Waals surface area contributed by atoms with Gasteiger partial charge in [-0.15, -0.1) is 0 Å². The number of aromatic carboxylic acids is 1. The van der Waals surface area contributed by atoms with Crippen LogP contribution >= 0.6 is 11.8 Å². The van der Waals surface area contributed by atoms with Crippen LogP contribution < -0.4 is 5.73 Å². The monoisotopic (exact) mass is 264 g/mol. The first-order valence-electron chi connectivity index (χ1n) is 4.99. The Hall–Kier alpha value is -2.08. The fourth-order valence-corrected chi connectivity index (χ4v) is 2.17. The van der Waals surface area contributed by atoms with Crippen LogP contribution in [0.2, 0.25) is 0 Å². The van der Waals surface area contributed by atoms with Crippen LogP contribution in [0.25, 0.3) is 0 Å². The van der Waals surface area contributed by atoms with E-state index in [1.54, 1.807) is 12.1 Å². The third kappa shape index (κ3) is 2.78. The van der Waals surface area contributed by atoms with Gasteiger partial charge in [-0.1, -0.05) is 17.8 Å². The van der Waals surface area contributed by atoms with E-state index < -0.39 is 5.97 Å². The number of nitrogens with two attached hydrogens (primary N) is 1. The standard InChI is InChI=1S/C12H9FN2O2S/c13-7-2-1-3-8(6-7)18-11-9(14)4-5-10(15-11)12(16)17/h1-6H,14H2,(H,16,17). The minimum absolute atomic E-state index is 0.0943. The van der Waals surface area contributed by atoms with Crippen molar-refractivity contribution in [3.05, 3.63) is 47.9 Å². The van der Waals surface area contributed by atoms with Crippen LogP contribution in [0, 0.1) is 5.82 Å². The second-order valence-electron chi connectivity index (χ2n) is 3.46. The van der Waals surface area contributed by atoms with Crippen LogP contribution in [0.5, 0.6) is 0 Å². The number of halogens is 1. The molecule has 6 heteroatoms. The molecule has 0 bridgehead atoms. The van der Waals surface area contributed by atoms with Gasteiger partial charge in [-0.3, -0.25) is 0 Å². The summed E-state index contributed by atoms with van der Waals surface area (Å²) < 4.78 is 13.0. The van der Waals surface area contributed by atoms with Gasteiger partial charge in [0.2, 0.25) is 0 Å². The molecule has 0 fully saturated rings. The lowest BCUT2D eigenvalue weighted by Gasteiger charge is -2.05. The highest BCUT2D eigenvalue weighted by molar-refractivity contribution is 7.99. The second-order valence-corrected chi connectivity index (χ2v) is 4.52. The van der Waals surface area contributed by atoms with Crippen LogP contribution in [0.15, 0.2) is 46.3 Å². The molecule has 4 nitrogen and oxygen atoms in total. The third-order valence-corrected chi connectivity index (χ3v) is 3.13. The van der Waals surface area contributed by atoms with Gasteiger partial charge in [0.25, 0.3) is 0 Å². The third-order valence-electron chi connectivity index (χ3n) is 2.12. The molecule has 0 aliphatic heterocycles. The molecule has 3 N–H and O–H groups in total. The normalized spacial score (nSPS) is 10.3. The Kier molecular flexibility index (Phi) is 3.47. The van der Waals surface area contributed by atoms with Crippen LogP contribution in [0.3, 0.4) is 0 Å². The molecule has 0 radical (unpaired) electrons. The lowest BCUT2D eigenvalue weighted by Crippen LogP contribution is -2.02. The number of aromatic nitrogens is 1. The predicted octanol–water partition coefficient (Wildman–Crippen LogP) is 2.65. The zero-order valence-corrected chi connectivity index (χ0v) is 9.95. The lowest BCUT2D eigenvalue weighted by molar-refractivity contribution is 0.0690. The van der Waals surface area contributed by atoms with Crippen molar-refractivity contribution in [1.29, 1.82) is 0 Å². The number of anilines is 1. The smallest absolute Gasteiger partial charge is 0.354 e. The zero-order chi connectivity index (χ0) is 13.1. The number of benzene rings is 1. The highest BCUT2D eigenvalue weighted by Crippen LogP contribution is 2.30. The lowest BCUT2D eigenvalue weighted by atomic mass is 10.3. The van der Waals surface area contributed by atoms with E-state index in [0.29, 0.717) is 15.6 Å². The van der Waals surface area contributed by atoms with Gasteiger partial charge in [-0.05, 0) is 30.3 Å². The van der Waals surface area contributed by atoms with E-state index in [1.165, 1.54) is 24.3 Å². The molecule has 0 amide bonds. The van der Waals surface area contributed by atoms with E-state index in [2.05, 4.69) is 4.98 Å². The quantitative estimate of drug-likeness (QED) is 0.891. The number of pyridine rings is 1. The van der Waals surface area contributed by atoms with Crippen LogP contribution in [-0.2, 0) is 0 Å². The minimum atomic E-state index is -1.13. The molecule has 92 valence electrons. The van der Waals surface area contributed by atoms with Gasteiger partial charge >= 0.3 is 5.97 Å². The van der Waals surface area contributed by atoms with Gasteiger partial charge in [0.05, 0.1) is 5.69 Å². The first kappa shape index (κ1) is 12.4. The fraction of sp³-hybridized carbons (Fsp3) is 0. The molecule has 1 heterocycles. The first-order chi connectivity index (χ1) is 8.56. The molecule has 0 atom stereocenters. The summed E-state index contributed by atoms with van der Waals surface area (Å²) in [6, 6.07) is 8.72. The largest absolute Gasteiger partial charge is 0.477 e. The fourth-order valence-electron chi connectivity index (χ4n) is 1.29. The maximum absolute atomic E-state index is 13.0. The van der Waals surface area contributed by atoms with Crippen LogP contribution in [0.1, 0.15) is 10.5 Å². The summed E-state index contributed by atoms with van der Waals surface area (Å²) >= 11 is 1.12. The van der Waals surface area contributed by atoms with Gasteiger partial charge in [0, 0.05) is 4.90 Å². The maximum atomic E-state index is 13.0. The van der Waals surface area contributed by atoms with Crippen molar-refractivity contribution in [2.75, 3.05) is 5.73 Å². The predicted molar refractivity (Wildman–Crippen MR) is 66.1 cm³/mol. The number of carboxylic acid groups (broad SMARTS) is 1. The number of nitrogen functional groups attached to an aromatic ring is 1. The first-order valence-corrected chi connectivity index (χ1v) is 5.81. The van der Waals surface area contributed by atoms with Crippen molar-refractivity contribution in [3.8, 4) is 0 Å². The summed E-state index contributed by atoms with van der Waals surface area (Å²) in [6.45, 7) is 0. The number of rotatable bonds is 3. The minimum Gasteiger partial charge on any atom is -0.477 e. The Balaban J connectivity index is 2.33. The Morgan fingerprint density at radius 1 is 1.33 bits per heavy atom. The number of carboxylic acids is 1. The molecular formula is C12H9FN2O2S. The average Bonchev–Trinajstić information content (AvgIpc) is 2.31. The van der Waals surface area contributed by atoms with Crippen LogP contribution in [0.4, 0.5) is 10.1 Å². The Labute approximate surface area is 107 Å². The highest BCUT2D eigenvalue weighted by Gasteiger charge is 2.10. The van der Waals surface area contributed by atoms with E-state index in [9.17, 15) is 9.18 Å². The Morgan fingerprint density at radius 2 is 2.11 bits per heavy atom.